The average molecular weight is 224 g/mol. The summed E-state index contributed by atoms with van der Waals surface area (Å²) >= 11 is 0. The van der Waals surface area contributed by atoms with Gasteiger partial charge in [0.25, 0.3) is 0 Å². The SMILES string of the molecule is COc1ncnc(NCCNC(C)=O)c1C. The van der Waals surface area contributed by atoms with E-state index >= 15 is 0 Å². The molecule has 1 heterocycles. The minimum absolute atomic E-state index is 0.0428. The molecule has 0 spiro atoms. The molecule has 6 heteroatoms. The second-order valence-corrected chi connectivity index (χ2v) is 3.27. The predicted octanol–water partition coefficient (Wildman–Crippen LogP) is 0.342. The summed E-state index contributed by atoms with van der Waals surface area (Å²) in [5.41, 5.74) is 0.854. The summed E-state index contributed by atoms with van der Waals surface area (Å²) in [5, 5.41) is 5.78. The number of carbonyl (C=O) groups excluding carboxylic acids is 1. The van der Waals surface area contributed by atoms with E-state index < -0.39 is 0 Å². The Kier molecular flexibility index (Phi) is 4.50. The Morgan fingerprint density at radius 1 is 1.44 bits per heavy atom. The smallest absolute Gasteiger partial charge is 0.221 e. The maximum Gasteiger partial charge on any atom is 0.221 e. The molecular weight excluding hydrogens is 208 g/mol. The fourth-order valence-electron chi connectivity index (χ4n) is 1.24. The van der Waals surface area contributed by atoms with E-state index in [1.807, 2.05) is 6.92 Å². The zero-order valence-corrected chi connectivity index (χ0v) is 9.70. The van der Waals surface area contributed by atoms with Crippen molar-refractivity contribution in [1.82, 2.24) is 15.3 Å². The molecule has 2 N–H and O–H groups in total. The Labute approximate surface area is 94.4 Å². The normalized spacial score (nSPS) is 9.69. The number of nitrogens with zero attached hydrogens (tertiary/aromatic N) is 2. The van der Waals surface area contributed by atoms with Gasteiger partial charge in [0.15, 0.2) is 0 Å². The number of hydrogen-bond donors (Lipinski definition) is 2. The van der Waals surface area contributed by atoms with Crippen molar-refractivity contribution in [3.8, 4) is 5.88 Å². The molecule has 1 rings (SSSR count). The molecule has 0 saturated carbocycles. The van der Waals surface area contributed by atoms with Crippen LogP contribution in [0.15, 0.2) is 6.33 Å². The Bertz CT molecular complexity index is 368. The number of hydrogen-bond acceptors (Lipinski definition) is 5. The third-order valence-corrected chi connectivity index (χ3v) is 2.02. The summed E-state index contributed by atoms with van der Waals surface area (Å²) < 4.78 is 5.07. The van der Waals surface area contributed by atoms with Crippen molar-refractivity contribution in [3.05, 3.63) is 11.9 Å². The van der Waals surface area contributed by atoms with Crippen molar-refractivity contribution in [2.24, 2.45) is 0 Å². The van der Waals surface area contributed by atoms with Crippen LogP contribution >= 0.6 is 0 Å². The van der Waals surface area contributed by atoms with E-state index in [0.29, 0.717) is 19.0 Å². The first kappa shape index (κ1) is 12.2. The van der Waals surface area contributed by atoms with Crippen LogP contribution in [0.3, 0.4) is 0 Å². The van der Waals surface area contributed by atoms with Gasteiger partial charge in [-0.3, -0.25) is 4.79 Å². The standard InChI is InChI=1S/C10H16N4O2/c1-7-9(12-5-4-11-8(2)15)13-6-14-10(7)16-3/h6H,4-5H2,1-3H3,(H,11,15)(H,12,13,14). The zero-order valence-electron chi connectivity index (χ0n) is 9.70. The molecule has 0 aliphatic rings. The van der Waals surface area contributed by atoms with Gasteiger partial charge < -0.3 is 15.4 Å². The summed E-state index contributed by atoms with van der Waals surface area (Å²) in [6, 6.07) is 0. The van der Waals surface area contributed by atoms with Gasteiger partial charge in [-0.1, -0.05) is 0 Å². The molecule has 1 aromatic rings. The van der Waals surface area contributed by atoms with E-state index in [1.54, 1.807) is 7.11 Å². The molecule has 0 aliphatic heterocycles. The molecule has 1 aromatic heterocycles. The number of amides is 1. The van der Waals surface area contributed by atoms with E-state index in [0.717, 1.165) is 11.4 Å². The van der Waals surface area contributed by atoms with Crippen LogP contribution in [-0.2, 0) is 4.79 Å². The number of anilines is 1. The fraction of sp³-hybridized carbons (Fsp3) is 0.500. The molecule has 0 atom stereocenters. The van der Waals surface area contributed by atoms with Crippen LogP contribution in [0, 0.1) is 6.92 Å². The number of aromatic nitrogens is 2. The van der Waals surface area contributed by atoms with Crippen LogP contribution in [0.25, 0.3) is 0 Å². The second kappa shape index (κ2) is 5.89. The molecule has 0 radical (unpaired) electrons. The minimum atomic E-state index is -0.0428. The van der Waals surface area contributed by atoms with Crippen molar-refractivity contribution in [2.45, 2.75) is 13.8 Å². The monoisotopic (exact) mass is 224 g/mol. The number of methoxy groups -OCH3 is 1. The Morgan fingerprint density at radius 3 is 2.81 bits per heavy atom. The molecule has 88 valence electrons. The highest BCUT2D eigenvalue weighted by Gasteiger charge is 2.05. The van der Waals surface area contributed by atoms with Crippen LogP contribution in [0.5, 0.6) is 5.88 Å². The third-order valence-electron chi connectivity index (χ3n) is 2.02. The summed E-state index contributed by atoms with van der Waals surface area (Å²) in [6.45, 7) is 4.53. The average Bonchev–Trinajstić information content (AvgIpc) is 2.26. The highest BCUT2D eigenvalue weighted by atomic mass is 16.5. The molecule has 0 fully saturated rings. The Balaban J connectivity index is 2.50. The second-order valence-electron chi connectivity index (χ2n) is 3.27. The highest BCUT2D eigenvalue weighted by molar-refractivity contribution is 5.72. The fourth-order valence-corrected chi connectivity index (χ4v) is 1.24. The third kappa shape index (κ3) is 3.38. The van der Waals surface area contributed by atoms with Gasteiger partial charge in [0.05, 0.1) is 12.7 Å². The number of nitrogens with one attached hydrogen (secondary N) is 2. The van der Waals surface area contributed by atoms with Gasteiger partial charge in [-0.25, -0.2) is 9.97 Å². The molecule has 0 unspecified atom stereocenters. The number of ether oxygens (including phenoxy) is 1. The highest BCUT2D eigenvalue weighted by Crippen LogP contribution is 2.18. The van der Waals surface area contributed by atoms with Crippen LogP contribution < -0.4 is 15.4 Å². The first-order valence-electron chi connectivity index (χ1n) is 4.99. The molecule has 0 saturated heterocycles. The maximum atomic E-state index is 10.6. The van der Waals surface area contributed by atoms with Crippen molar-refractivity contribution < 1.29 is 9.53 Å². The first-order chi connectivity index (χ1) is 7.65. The van der Waals surface area contributed by atoms with E-state index in [9.17, 15) is 4.79 Å². The van der Waals surface area contributed by atoms with Gasteiger partial charge in [-0.2, -0.15) is 0 Å². The van der Waals surface area contributed by atoms with Gasteiger partial charge in [0.1, 0.15) is 12.1 Å². The van der Waals surface area contributed by atoms with Gasteiger partial charge in [0, 0.05) is 20.0 Å². The lowest BCUT2D eigenvalue weighted by atomic mass is 10.3. The van der Waals surface area contributed by atoms with Gasteiger partial charge >= 0.3 is 0 Å². The largest absolute Gasteiger partial charge is 0.481 e. The maximum absolute atomic E-state index is 10.6. The zero-order chi connectivity index (χ0) is 12.0. The van der Waals surface area contributed by atoms with E-state index in [1.165, 1.54) is 13.3 Å². The summed E-state index contributed by atoms with van der Waals surface area (Å²) in [6.07, 6.45) is 1.44. The van der Waals surface area contributed by atoms with Crippen LogP contribution in [0.1, 0.15) is 12.5 Å². The molecular formula is C10H16N4O2. The van der Waals surface area contributed by atoms with Crippen LogP contribution in [0.4, 0.5) is 5.82 Å². The van der Waals surface area contributed by atoms with Crippen LogP contribution in [0.2, 0.25) is 0 Å². The van der Waals surface area contributed by atoms with E-state index in [4.69, 9.17) is 4.74 Å². The van der Waals surface area contributed by atoms with Crippen molar-refractivity contribution in [2.75, 3.05) is 25.5 Å². The molecule has 0 bridgehead atoms. The molecule has 16 heavy (non-hydrogen) atoms. The van der Waals surface area contributed by atoms with Gasteiger partial charge in [-0.15, -0.1) is 0 Å². The summed E-state index contributed by atoms with van der Waals surface area (Å²) in [4.78, 5) is 18.7. The van der Waals surface area contributed by atoms with E-state index in [2.05, 4.69) is 20.6 Å². The molecule has 1 amide bonds. The van der Waals surface area contributed by atoms with E-state index in [-0.39, 0.29) is 5.91 Å². The van der Waals surface area contributed by atoms with Crippen LogP contribution in [-0.4, -0.2) is 36.1 Å². The lowest BCUT2D eigenvalue weighted by Gasteiger charge is -2.10. The Morgan fingerprint density at radius 2 is 2.19 bits per heavy atom. The lowest BCUT2D eigenvalue weighted by molar-refractivity contribution is -0.118. The Hall–Kier alpha value is -1.85. The summed E-state index contributed by atoms with van der Waals surface area (Å²) in [5.74, 6) is 1.23. The predicted molar refractivity (Wildman–Crippen MR) is 60.5 cm³/mol. The molecule has 0 aliphatic carbocycles. The van der Waals surface area contributed by atoms with Gasteiger partial charge in [0.2, 0.25) is 11.8 Å². The van der Waals surface area contributed by atoms with Crippen molar-refractivity contribution in [1.29, 1.82) is 0 Å². The topological polar surface area (TPSA) is 76.1 Å². The number of carbonyl (C=O) groups is 1. The lowest BCUT2D eigenvalue weighted by Crippen LogP contribution is -2.26. The van der Waals surface area contributed by atoms with Gasteiger partial charge in [-0.05, 0) is 6.92 Å². The molecule has 6 nitrogen and oxygen atoms in total. The first-order valence-corrected chi connectivity index (χ1v) is 4.99. The molecule has 0 aromatic carbocycles. The summed E-state index contributed by atoms with van der Waals surface area (Å²) in [7, 11) is 1.57. The number of rotatable bonds is 5. The quantitative estimate of drug-likeness (QED) is 0.705. The van der Waals surface area contributed by atoms with Crippen molar-refractivity contribution in [3.63, 3.8) is 0 Å². The minimum Gasteiger partial charge on any atom is -0.481 e. The van der Waals surface area contributed by atoms with Crippen molar-refractivity contribution >= 4 is 11.7 Å².